The van der Waals surface area contributed by atoms with Gasteiger partial charge in [0.2, 0.25) is 16.2 Å². The molecule has 88 valence electrons. The maximum Gasteiger partial charge on any atom is 0.563 e. The van der Waals surface area contributed by atoms with Crippen LogP contribution in [0.25, 0.3) is 0 Å². The Kier molecular flexibility index (Phi) is 3.45. The highest BCUT2D eigenvalue weighted by Crippen LogP contribution is 2.25. The number of rotatable bonds is 3. The fourth-order valence-corrected chi connectivity index (χ4v) is 2.50. The molecular weight excluding hydrogens is 306 g/mol. The summed E-state index contributed by atoms with van der Waals surface area (Å²) in [6.07, 6.45) is 0.962. The number of aromatic nitrogens is 1. The Morgan fingerprint density at radius 3 is 2.62 bits per heavy atom. The molecule has 0 radical (unpaired) electrons. The van der Waals surface area contributed by atoms with Crippen LogP contribution in [0.1, 0.15) is 5.56 Å². The highest BCUT2D eigenvalue weighted by Gasteiger charge is 2.31. The van der Waals surface area contributed by atoms with Gasteiger partial charge >= 0.3 is 5.82 Å². The van der Waals surface area contributed by atoms with Crippen molar-refractivity contribution in [2.24, 2.45) is 5.14 Å². The Labute approximate surface area is 98.6 Å². The summed E-state index contributed by atoms with van der Waals surface area (Å²) in [5.74, 6) is -1.23. The topological polar surface area (TPSA) is 127 Å². The fraction of sp³-hybridized carbons (Fsp3) is 0.167. The first kappa shape index (κ1) is 12.8. The third-order valence-corrected chi connectivity index (χ3v) is 3.22. The third-order valence-electron chi connectivity index (χ3n) is 1.64. The van der Waals surface area contributed by atoms with Gasteiger partial charge in [-0.25, -0.2) is 13.6 Å². The summed E-state index contributed by atoms with van der Waals surface area (Å²) in [5, 5.41) is 24.5. The number of sulfonamides is 1. The van der Waals surface area contributed by atoms with Crippen LogP contribution in [-0.2, 0) is 15.8 Å². The highest BCUT2D eigenvalue weighted by atomic mass is 79.9. The number of nitrogens with zero attached hydrogens (tertiary/aromatic N) is 2. The van der Waals surface area contributed by atoms with Gasteiger partial charge in [0, 0.05) is 11.6 Å². The van der Waals surface area contributed by atoms with Crippen molar-refractivity contribution in [1.82, 2.24) is 0 Å². The van der Waals surface area contributed by atoms with Crippen LogP contribution in [0, 0.1) is 10.1 Å². The molecule has 0 bridgehead atoms. The normalized spacial score (nSPS) is 11.4. The predicted octanol–water partition coefficient (Wildman–Crippen LogP) is -0.329. The Hall–Kier alpha value is -1.26. The van der Waals surface area contributed by atoms with E-state index in [1.807, 2.05) is 0 Å². The average molecular weight is 313 g/mol. The Bertz CT molecular complexity index is 543. The quantitative estimate of drug-likeness (QED) is 0.342. The van der Waals surface area contributed by atoms with Crippen LogP contribution in [0.4, 0.5) is 5.82 Å². The average Bonchev–Trinajstić information content (AvgIpc) is 2.07. The molecule has 0 spiro atoms. The van der Waals surface area contributed by atoms with Crippen molar-refractivity contribution in [1.29, 1.82) is 0 Å². The molecule has 1 rings (SSSR count). The predicted molar refractivity (Wildman–Crippen MR) is 55.0 cm³/mol. The van der Waals surface area contributed by atoms with Crippen LogP contribution in [0.5, 0.6) is 0 Å². The number of halogens is 1. The van der Waals surface area contributed by atoms with E-state index in [9.17, 15) is 18.5 Å². The lowest BCUT2D eigenvalue weighted by Gasteiger charge is -1.99. The summed E-state index contributed by atoms with van der Waals surface area (Å²) in [6.45, 7) is 0. The van der Waals surface area contributed by atoms with E-state index in [0.29, 0.717) is 0 Å². The molecule has 0 saturated heterocycles. The number of nitro groups is 1. The number of pyridine rings is 1. The molecule has 10 heteroatoms. The molecular formula is C6H7BrN3O5S+. The van der Waals surface area contributed by atoms with Gasteiger partial charge in [-0.05, 0) is 15.9 Å². The largest absolute Gasteiger partial charge is 0.563 e. The van der Waals surface area contributed by atoms with Gasteiger partial charge in [-0.15, -0.1) is 0 Å². The van der Waals surface area contributed by atoms with E-state index in [0.717, 1.165) is 6.20 Å². The zero-order chi connectivity index (χ0) is 12.5. The van der Waals surface area contributed by atoms with E-state index in [1.54, 1.807) is 0 Å². The van der Waals surface area contributed by atoms with Gasteiger partial charge in [-0.1, -0.05) is 0 Å². The molecule has 0 fully saturated rings. The number of hydrogen-bond acceptors (Lipinski definition) is 5. The molecule has 0 atom stereocenters. The summed E-state index contributed by atoms with van der Waals surface area (Å²) in [7, 11) is -3.80. The van der Waals surface area contributed by atoms with Gasteiger partial charge in [0.25, 0.3) is 0 Å². The van der Waals surface area contributed by atoms with Crippen molar-refractivity contribution < 1.29 is 23.3 Å². The van der Waals surface area contributed by atoms with Crippen LogP contribution in [0.2, 0.25) is 0 Å². The molecule has 0 aliphatic carbocycles. The van der Waals surface area contributed by atoms with Crippen LogP contribution in [-0.4, -0.2) is 18.5 Å². The number of primary sulfonamides is 1. The van der Waals surface area contributed by atoms with Gasteiger partial charge < -0.3 is 0 Å². The van der Waals surface area contributed by atoms with Gasteiger partial charge in [-0.3, -0.25) is 15.3 Å². The molecule has 1 aromatic heterocycles. The molecule has 0 saturated carbocycles. The summed E-state index contributed by atoms with van der Waals surface area (Å²) in [4.78, 5) is 9.72. The lowest BCUT2D eigenvalue weighted by atomic mass is 10.3. The zero-order valence-electron chi connectivity index (χ0n) is 7.70. The first-order chi connectivity index (χ1) is 7.22. The molecule has 0 amide bonds. The maximum atomic E-state index is 10.8. The summed E-state index contributed by atoms with van der Waals surface area (Å²) < 4.78 is 21.8. The smallest absolute Gasteiger partial charge is 0.279 e. The molecule has 16 heavy (non-hydrogen) atoms. The second-order valence-electron chi connectivity index (χ2n) is 2.89. The first-order valence-electron chi connectivity index (χ1n) is 3.79. The van der Waals surface area contributed by atoms with Crippen LogP contribution in [0.3, 0.4) is 0 Å². The fourth-order valence-electron chi connectivity index (χ4n) is 1.04. The second kappa shape index (κ2) is 4.31. The van der Waals surface area contributed by atoms with Crippen molar-refractivity contribution in [3.05, 3.63) is 32.4 Å². The van der Waals surface area contributed by atoms with Gasteiger partial charge in [0.05, 0.1) is 10.5 Å². The minimum absolute atomic E-state index is 0.0968. The monoisotopic (exact) mass is 312 g/mol. The van der Waals surface area contributed by atoms with Gasteiger partial charge in [-0.2, -0.15) is 0 Å². The van der Waals surface area contributed by atoms with E-state index < -0.39 is 26.5 Å². The summed E-state index contributed by atoms with van der Waals surface area (Å²) in [6, 6.07) is 1.21. The Morgan fingerprint density at radius 1 is 1.62 bits per heavy atom. The van der Waals surface area contributed by atoms with Crippen molar-refractivity contribution in [2.75, 3.05) is 0 Å². The van der Waals surface area contributed by atoms with Gasteiger partial charge in [0.1, 0.15) is 4.92 Å². The molecule has 0 unspecified atom stereocenters. The van der Waals surface area contributed by atoms with Crippen LogP contribution >= 0.6 is 15.9 Å². The highest BCUT2D eigenvalue weighted by molar-refractivity contribution is 9.10. The standard InChI is InChI=1S/C6H7BrN3O5S/c7-5-4(3-16(8,14)15)1-2-9(11)6(5)10(12)13/h1-2,11H,3H2,(H2,8,14,15)/q+1. The van der Waals surface area contributed by atoms with E-state index in [2.05, 4.69) is 15.9 Å². The minimum atomic E-state index is -3.80. The lowest BCUT2D eigenvalue weighted by Crippen LogP contribution is -2.34. The van der Waals surface area contributed by atoms with Crippen molar-refractivity contribution in [3.8, 4) is 0 Å². The Balaban J connectivity index is 3.35. The summed E-state index contributed by atoms with van der Waals surface area (Å²) >= 11 is 2.84. The van der Waals surface area contributed by atoms with Crippen molar-refractivity contribution in [2.45, 2.75) is 5.75 Å². The molecule has 1 heterocycles. The molecule has 3 N–H and O–H groups in total. The zero-order valence-corrected chi connectivity index (χ0v) is 10.1. The molecule has 1 aromatic rings. The van der Waals surface area contributed by atoms with Crippen LogP contribution < -0.4 is 9.87 Å². The van der Waals surface area contributed by atoms with E-state index in [4.69, 9.17) is 10.3 Å². The van der Waals surface area contributed by atoms with Gasteiger partial charge in [0.15, 0.2) is 4.47 Å². The van der Waals surface area contributed by atoms with E-state index in [-0.39, 0.29) is 14.8 Å². The number of nitrogens with two attached hydrogens (primary N) is 1. The van der Waals surface area contributed by atoms with Crippen molar-refractivity contribution >= 4 is 31.8 Å². The Morgan fingerprint density at radius 2 is 2.19 bits per heavy atom. The van der Waals surface area contributed by atoms with Crippen LogP contribution in [0.15, 0.2) is 16.7 Å². The lowest BCUT2D eigenvalue weighted by molar-refractivity contribution is -0.920. The summed E-state index contributed by atoms with van der Waals surface area (Å²) in [5.41, 5.74) is 0.0968. The molecule has 0 aliphatic heterocycles. The van der Waals surface area contributed by atoms with Crippen molar-refractivity contribution in [3.63, 3.8) is 0 Å². The maximum absolute atomic E-state index is 10.8. The van der Waals surface area contributed by atoms with E-state index >= 15 is 0 Å². The van der Waals surface area contributed by atoms with E-state index in [1.165, 1.54) is 6.07 Å². The molecule has 0 aromatic carbocycles. The second-order valence-corrected chi connectivity index (χ2v) is 5.29. The third kappa shape index (κ3) is 2.87. The number of hydrogen-bond donors (Lipinski definition) is 2. The SMILES string of the molecule is NS(=O)(=O)Cc1cc[n+](O)c([N+](=O)[O-])c1Br. The molecule has 8 nitrogen and oxygen atoms in total. The first-order valence-corrected chi connectivity index (χ1v) is 6.30. The minimum Gasteiger partial charge on any atom is -0.279 e. The molecule has 0 aliphatic rings.